The summed E-state index contributed by atoms with van der Waals surface area (Å²) in [7, 11) is 1.44. The number of hydrogen-bond donors (Lipinski definition) is 2. The summed E-state index contributed by atoms with van der Waals surface area (Å²) >= 11 is 0. The molecule has 0 fully saturated rings. The molecule has 0 aliphatic heterocycles. The molecule has 2 aromatic carbocycles. The molecular weight excluding hydrogens is 240 g/mol. The van der Waals surface area contributed by atoms with Crippen molar-refractivity contribution in [3.8, 4) is 17.2 Å². The summed E-state index contributed by atoms with van der Waals surface area (Å²) in [5.41, 5.74) is 1.59. The van der Waals surface area contributed by atoms with Crippen LogP contribution in [0.3, 0.4) is 0 Å². The number of hydrogen-bond acceptors (Lipinski definition) is 3. The van der Waals surface area contributed by atoms with Gasteiger partial charge in [0.1, 0.15) is 5.75 Å². The average Bonchev–Trinajstić information content (AvgIpc) is 2.44. The van der Waals surface area contributed by atoms with Crippen molar-refractivity contribution in [2.45, 2.75) is 5.92 Å². The molecule has 0 spiro atoms. The highest BCUT2D eigenvalue weighted by atomic mass is 16.5. The molecule has 98 valence electrons. The highest BCUT2D eigenvalue weighted by molar-refractivity contribution is 5.53. The van der Waals surface area contributed by atoms with Gasteiger partial charge in [0, 0.05) is 17.5 Å². The lowest BCUT2D eigenvalue weighted by Crippen LogP contribution is -1.98. The van der Waals surface area contributed by atoms with Crippen LogP contribution in [0.15, 0.2) is 55.1 Å². The van der Waals surface area contributed by atoms with Gasteiger partial charge in [0.25, 0.3) is 0 Å². The van der Waals surface area contributed by atoms with Gasteiger partial charge in [0.05, 0.1) is 7.11 Å². The van der Waals surface area contributed by atoms with Gasteiger partial charge in [0.2, 0.25) is 0 Å². The van der Waals surface area contributed by atoms with Crippen molar-refractivity contribution in [1.29, 1.82) is 0 Å². The molecule has 2 aromatic rings. The van der Waals surface area contributed by atoms with Gasteiger partial charge in [-0.05, 0) is 11.6 Å². The van der Waals surface area contributed by atoms with Crippen LogP contribution in [0.25, 0.3) is 0 Å². The summed E-state index contributed by atoms with van der Waals surface area (Å²) in [6.07, 6.45) is 1.73. The zero-order valence-corrected chi connectivity index (χ0v) is 10.7. The normalized spacial score (nSPS) is 11.8. The molecule has 0 saturated carbocycles. The first kappa shape index (κ1) is 13.0. The molecule has 0 unspecified atom stereocenters. The average molecular weight is 256 g/mol. The van der Waals surface area contributed by atoms with Gasteiger partial charge < -0.3 is 14.9 Å². The molecule has 0 aromatic heterocycles. The Labute approximate surface area is 112 Å². The molecule has 0 bridgehead atoms. The number of phenolic OH excluding ortho intramolecular Hbond substituents is 2. The molecular formula is C16H16O3. The van der Waals surface area contributed by atoms with Crippen LogP contribution in [0, 0.1) is 0 Å². The van der Waals surface area contributed by atoms with Gasteiger partial charge in [-0.2, -0.15) is 0 Å². The van der Waals surface area contributed by atoms with Crippen LogP contribution in [0.2, 0.25) is 0 Å². The number of benzene rings is 2. The minimum absolute atomic E-state index is 0.00178. The fourth-order valence-corrected chi connectivity index (χ4v) is 2.09. The molecule has 0 amide bonds. The minimum Gasteiger partial charge on any atom is -0.507 e. The standard InChI is InChI=1S/C16H16O3/c1-3-12(11-7-5-4-6-8-11)13-9-15(18)16(19-2)10-14(13)17/h3-10,12,17-18H,1H2,2H3/t12-/m1/s1. The third-order valence-corrected chi connectivity index (χ3v) is 3.06. The number of allylic oxidation sites excluding steroid dienone is 1. The van der Waals surface area contributed by atoms with Crippen LogP contribution < -0.4 is 4.74 Å². The number of phenols is 2. The Bertz CT molecular complexity index is 576. The fourth-order valence-electron chi connectivity index (χ4n) is 2.09. The van der Waals surface area contributed by atoms with Crippen molar-refractivity contribution in [3.63, 3.8) is 0 Å². The summed E-state index contributed by atoms with van der Waals surface area (Å²) in [5, 5.41) is 19.9. The maximum Gasteiger partial charge on any atom is 0.164 e. The van der Waals surface area contributed by atoms with Crippen molar-refractivity contribution in [1.82, 2.24) is 0 Å². The predicted octanol–water partition coefficient (Wildman–Crippen LogP) is 3.42. The second-order valence-corrected chi connectivity index (χ2v) is 4.21. The van der Waals surface area contributed by atoms with E-state index in [1.54, 1.807) is 6.08 Å². The number of ether oxygens (including phenoxy) is 1. The molecule has 19 heavy (non-hydrogen) atoms. The maximum absolute atomic E-state index is 10.1. The third kappa shape index (κ3) is 2.55. The first-order valence-electron chi connectivity index (χ1n) is 5.94. The zero-order chi connectivity index (χ0) is 13.8. The monoisotopic (exact) mass is 256 g/mol. The maximum atomic E-state index is 10.1. The van der Waals surface area contributed by atoms with Crippen LogP contribution in [0.1, 0.15) is 17.0 Å². The van der Waals surface area contributed by atoms with Crippen LogP contribution in [-0.2, 0) is 0 Å². The summed E-state index contributed by atoms with van der Waals surface area (Å²) < 4.78 is 4.96. The van der Waals surface area contributed by atoms with Crippen molar-refractivity contribution >= 4 is 0 Å². The second-order valence-electron chi connectivity index (χ2n) is 4.21. The van der Waals surface area contributed by atoms with Gasteiger partial charge in [-0.25, -0.2) is 0 Å². The smallest absolute Gasteiger partial charge is 0.164 e. The zero-order valence-electron chi connectivity index (χ0n) is 10.7. The van der Waals surface area contributed by atoms with Gasteiger partial charge in [-0.3, -0.25) is 0 Å². The van der Waals surface area contributed by atoms with Crippen LogP contribution in [0.5, 0.6) is 17.2 Å². The Morgan fingerprint density at radius 2 is 1.79 bits per heavy atom. The Morgan fingerprint density at radius 3 is 2.37 bits per heavy atom. The summed E-state index contributed by atoms with van der Waals surface area (Å²) in [6.45, 7) is 3.80. The van der Waals surface area contributed by atoms with Gasteiger partial charge in [-0.15, -0.1) is 6.58 Å². The molecule has 3 nitrogen and oxygen atoms in total. The van der Waals surface area contributed by atoms with E-state index in [-0.39, 0.29) is 23.2 Å². The molecule has 0 radical (unpaired) electrons. The van der Waals surface area contributed by atoms with Crippen LogP contribution in [0.4, 0.5) is 0 Å². The number of rotatable bonds is 4. The molecule has 0 aliphatic carbocycles. The second kappa shape index (κ2) is 5.48. The first-order chi connectivity index (χ1) is 9.17. The van der Waals surface area contributed by atoms with E-state index in [4.69, 9.17) is 4.74 Å². The van der Waals surface area contributed by atoms with E-state index < -0.39 is 0 Å². The third-order valence-electron chi connectivity index (χ3n) is 3.06. The Morgan fingerprint density at radius 1 is 1.11 bits per heavy atom. The van der Waals surface area contributed by atoms with Crippen molar-refractivity contribution in [2.24, 2.45) is 0 Å². The lowest BCUT2D eigenvalue weighted by molar-refractivity contribution is 0.367. The number of aromatic hydroxyl groups is 2. The van der Waals surface area contributed by atoms with E-state index >= 15 is 0 Å². The SMILES string of the molecule is C=C[C@H](c1ccccc1)c1cc(O)c(OC)cc1O. The molecule has 0 heterocycles. The van der Waals surface area contributed by atoms with E-state index in [0.717, 1.165) is 5.56 Å². The quantitative estimate of drug-likeness (QED) is 0.651. The highest BCUT2D eigenvalue weighted by Crippen LogP contribution is 2.39. The Kier molecular flexibility index (Phi) is 3.76. The van der Waals surface area contributed by atoms with Crippen LogP contribution in [-0.4, -0.2) is 17.3 Å². The predicted molar refractivity (Wildman–Crippen MR) is 74.8 cm³/mol. The molecule has 0 saturated heterocycles. The van der Waals surface area contributed by atoms with Crippen molar-refractivity contribution in [2.75, 3.05) is 7.11 Å². The topological polar surface area (TPSA) is 49.7 Å². The number of methoxy groups -OCH3 is 1. The van der Waals surface area contributed by atoms with E-state index in [9.17, 15) is 10.2 Å². The van der Waals surface area contributed by atoms with Gasteiger partial charge >= 0.3 is 0 Å². The lowest BCUT2D eigenvalue weighted by Gasteiger charge is -2.16. The fraction of sp³-hybridized carbons (Fsp3) is 0.125. The molecule has 2 rings (SSSR count). The van der Waals surface area contributed by atoms with Crippen molar-refractivity contribution in [3.05, 3.63) is 66.2 Å². The Hall–Kier alpha value is -2.42. The van der Waals surface area contributed by atoms with E-state index in [1.165, 1.54) is 19.2 Å². The van der Waals surface area contributed by atoms with Gasteiger partial charge in [0.15, 0.2) is 11.5 Å². The minimum atomic E-state index is -0.182. The molecule has 3 heteroatoms. The van der Waals surface area contributed by atoms with E-state index in [2.05, 4.69) is 6.58 Å². The first-order valence-corrected chi connectivity index (χ1v) is 5.94. The molecule has 1 atom stereocenters. The highest BCUT2D eigenvalue weighted by Gasteiger charge is 2.17. The largest absolute Gasteiger partial charge is 0.507 e. The summed E-state index contributed by atoms with van der Waals surface area (Å²) in [4.78, 5) is 0. The molecule has 0 aliphatic rings. The summed E-state index contributed by atoms with van der Waals surface area (Å²) in [5.74, 6) is 0.136. The van der Waals surface area contributed by atoms with Crippen LogP contribution >= 0.6 is 0 Å². The van der Waals surface area contributed by atoms with Crippen molar-refractivity contribution < 1.29 is 14.9 Å². The van der Waals surface area contributed by atoms with E-state index in [1.807, 2.05) is 30.3 Å². The van der Waals surface area contributed by atoms with Gasteiger partial charge in [-0.1, -0.05) is 36.4 Å². The van der Waals surface area contributed by atoms with E-state index in [0.29, 0.717) is 5.56 Å². The Balaban J connectivity index is 2.50. The summed E-state index contributed by atoms with van der Waals surface area (Å²) in [6, 6.07) is 12.6. The molecule has 2 N–H and O–H groups in total. The lowest BCUT2D eigenvalue weighted by atomic mass is 9.90.